The van der Waals surface area contributed by atoms with Gasteiger partial charge in [-0.1, -0.05) is 39.2 Å². The van der Waals surface area contributed by atoms with Crippen molar-refractivity contribution in [2.24, 2.45) is 11.7 Å². The Balaban J connectivity index is 0.00000312. The number of halogens is 1. The highest BCUT2D eigenvalue weighted by Gasteiger charge is 2.35. The second kappa shape index (κ2) is 10.1. The molecule has 1 atom stereocenters. The smallest absolute Gasteiger partial charge is 0.239 e. The summed E-state index contributed by atoms with van der Waals surface area (Å²) in [5.74, 6) is -0.371. The van der Waals surface area contributed by atoms with Gasteiger partial charge in [-0.05, 0) is 30.2 Å². The zero-order valence-corrected chi connectivity index (χ0v) is 16.7. The normalized spacial score (nSPS) is 17.4. The molecule has 0 saturated heterocycles. The van der Waals surface area contributed by atoms with Crippen molar-refractivity contribution < 1.29 is 9.59 Å². The fraction of sp³-hybridized carbons (Fsp3) is 0.667. The first-order valence-electron chi connectivity index (χ1n) is 8.78. The van der Waals surface area contributed by atoms with Crippen LogP contribution in [0.1, 0.15) is 50.8 Å². The van der Waals surface area contributed by atoms with Gasteiger partial charge in [-0.2, -0.15) is 0 Å². The molecule has 25 heavy (non-hydrogen) atoms. The number of hydrogen-bond acceptors (Lipinski definition) is 4. The highest BCUT2D eigenvalue weighted by molar-refractivity contribution is 7.10. The van der Waals surface area contributed by atoms with Crippen molar-refractivity contribution in [2.45, 2.75) is 57.4 Å². The molecule has 0 spiro atoms. The number of rotatable bonds is 7. The Morgan fingerprint density at radius 1 is 1.24 bits per heavy atom. The first-order valence-corrected chi connectivity index (χ1v) is 9.66. The lowest BCUT2D eigenvalue weighted by atomic mass is 9.73. The molecule has 1 saturated carbocycles. The van der Waals surface area contributed by atoms with E-state index in [1.807, 2.05) is 13.8 Å². The van der Waals surface area contributed by atoms with E-state index in [4.69, 9.17) is 5.73 Å². The number of carbonyl (C=O) groups is 2. The summed E-state index contributed by atoms with van der Waals surface area (Å²) in [6, 6.07) is 3.67. The maximum Gasteiger partial charge on any atom is 0.239 e. The molecule has 1 heterocycles. The molecule has 0 bridgehead atoms. The summed E-state index contributed by atoms with van der Waals surface area (Å²) in [4.78, 5) is 25.3. The molecule has 1 aliphatic carbocycles. The Bertz CT molecular complexity index is 543. The molecule has 142 valence electrons. The van der Waals surface area contributed by atoms with Crippen LogP contribution in [0, 0.1) is 5.92 Å². The lowest BCUT2D eigenvalue weighted by Gasteiger charge is -2.36. The molecular formula is C18H30ClN3O2S. The van der Waals surface area contributed by atoms with E-state index in [0.717, 1.165) is 12.8 Å². The van der Waals surface area contributed by atoms with Crippen molar-refractivity contribution in [1.29, 1.82) is 0 Å². The van der Waals surface area contributed by atoms with Gasteiger partial charge in [0.05, 0.1) is 12.6 Å². The Hall–Kier alpha value is -1.11. The topological polar surface area (TPSA) is 84.2 Å². The van der Waals surface area contributed by atoms with Gasteiger partial charge in [-0.25, -0.2) is 0 Å². The summed E-state index contributed by atoms with van der Waals surface area (Å²) in [6.45, 7) is 4.40. The van der Waals surface area contributed by atoms with Crippen molar-refractivity contribution >= 4 is 35.6 Å². The van der Waals surface area contributed by atoms with Crippen molar-refractivity contribution in [3.05, 3.63) is 22.4 Å². The quantitative estimate of drug-likeness (QED) is 0.672. The summed E-state index contributed by atoms with van der Waals surface area (Å²) in [5.41, 5.74) is 5.84. The van der Waals surface area contributed by atoms with Crippen LogP contribution in [-0.2, 0) is 15.0 Å². The number of nitrogens with two attached hydrogens (primary N) is 1. The third-order valence-electron chi connectivity index (χ3n) is 4.92. The SMILES string of the molecule is CC(C)[C@H](N)C(=O)NCC(=O)NCC1(c2cccs2)CCCCC1.Cl. The van der Waals surface area contributed by atoms with E-state index in [9.17, 15) is 9.59 Å². The van der Waals surface area contributed by atoms with Crippen LogP contribution >= 0.6 is 23.7 Å². The van der Waals surface area contributed by atoms with Gasteiger partial charge in [0.2, 0.25) is 11.8 Å². The van der Waals surface area contributed by atoms with Gasteiger partial charge >= 0.3 is 0 Å². The highest BCUT2D eigenvalue weighted by atomic mass is 35.5. The molecular weight excluding hydrogens is 358 g/mol. The molecule has 5 nitrogen and oxygen atoms in total. The average Bonchev–Trinajstić information content (AvgIpc) is 3.13. The number of carbonyl (C=O) groups excluding carboxylic acids is 2. The lowest BCUT2D eigenvalue weighted by Crippen LogP contribution is -2.49. The third kappa shape index (κ3) is 5.97. The molecule has 1 aromatic heterocycles. The minimum atomic E-state index is -0.575. The van der Waals surface area contributed by atoms with Gasteiger partial charge in [-0.3, -0.25) is 9.59 Å². The van der Waals surface area contributed by atoms with E-state index in [0.29, 0.717) is 6.54 Å². The van der Waals surface area contributed by atoms with Crippen molar-refractivity contribution in [2.75, 3.05) is 13.1 Å². The molecule has 0 unspecified atom stereocenters. The third-order valence-corrected chi connectivity index (χ3v) is 6.04. The van der Waals surface area contributed by atoms with Crippen LogP contribution in [0.3, 0.4) is 0 Å². The van der Waals surface area contributed by atoms with Gasteiger partial charge < -0.3 is 16.4 Å². The fourth-order valence-electron chi connectivity index (χ4n) is 3.24. The van der Waals surface area contributed by atoms with E-state index >= 15 is 0 Å². The summed E-state index contributed by atoms with van der Waals surface area (Å²) in [6.07, 6.45) is 5.89. The molecule has 1 fully saturated rings. The maximum absolute atomic E-state index is 12.1. The van der Waals surface area contributed by atoms with Crippen LogP contribution in [0.25, 0.3) is 0 Å². The number of amides is 2. The molecule has 4 N–H and O–H groups in total. The van der Waals surface area contributed by atoms with E-state index in [2.05, 4.69) is 28.1 Å². The summed E-state index contributed by atoms with van der Waals surface area (Å²) in [7, 11) is 0. The van der Waals surface area contributed by atoms with Gasteiger partial charge in [0, 0.05) is 16.8 Å². The van der Waals surface area contributed by atoms with Gasteiger partial charge in [-0.15, -0.1) is 23.7 Å². The molecule has 0 aliphatic heterocycles. The zero-order valence-electron chi connectivity index (χ0n) is 15.0. The molecule has 1 aromatic rings. The van der Waals surface area contributed by atoms with E-state index in [1.165, 1.54) is 24.1 Å². The monoisotopic (exact) mass is 387 g/mol. The van der Waals surface area contributed by atoms with Gasteiger partial charge in [0.25, 0.3) is 0 Å². The zero-order chi connectivity index (χ0) is 17.6. The van der Waals surface area contributed by atoms with Crippen LogP contribution in [0.2, 0.25) is 0 Å². The Labute approximate surface area is 160 Å². The predicted molar refractivity (Wildman–Crippen MR) is 105 cm³/mol. The van der Waals surface area contributed by atoms with Crippen LogP contribution in [0.5, 0.6) is 0 Å². The minimum Gasteiger partial charge on any atom is -0.354 e. The van der Waals surface area contributed by atoms with Crippen LogP contribution in [0.4, 0.5) is 0 Å². The Kier molecular flexibility index (Phi) is 8.89. The summed E-state index contributed by atoms with van der Waals surface area (Å²) < 4.78 is 0. The van der Waals surface area contributed by atoms with Crippen LogP contribution in [-0.4, -0.2) is 30.9 Å². The Morgan fingerprint density at radius 3 is 2.48 bits per heavy atom. The number of nitrogens with one attached hydrogen (secondary N) is 2. The van der Waals surface area contributed by atoms with Gasteiger partial charge in [0.15, 0.2) is 0 Å². The van der Waals surface area contributed by atoms with E-state index in [-0.39, 0.29) is 42.1 Å². The lowest BCUT2D eigenvalue weighted by molar-refractivity contribution is -0.127. The van der Waals surface area contributed by atoms with Crippen LogP contribution < -0.4 is 16.4 Å². The highest BCUT2D eigenvalue weighted by Crippen LogP contribution is 2.40. The predicted octanol–water partition coefficient (Wildman–Crippen LogP) is 2.59. The molecule has 2 amide bonds. The second-order valence-electron chi connectivity index (χ2n) is 7.08. The largest absolute Gasteiger partial charge is 0.354 e. The first kappa shape index (κ1) is 21.9. The van der Waals surface area contributed by atoms with Crippen molar-refractivity contribution in [1.82, 2.24) is 10.6 Å². The summed E-state index contributed by atoms with van der Waals surface area (Å²) >= 11 is 1.77. The molecule has 0 aromatic carbocycles. The maximum atomic E-state index is 12.1. The van der Waals surface area contributed by atoms with Crippen molar-refractivity contribution in [3.63, 3.8) is 0 Å². The van der Waals surface area contributed by atoms with E-state index in [1.54, 1.807) is 11.3 Å². The number of hydrogen-bond donors (Lipinski definition) is 3. The summed E-state index contributed by atoms with van der Waals surface area (Å²) in [5, 5.41) is 7.74. The molecule has 1 aliphatic rings. The Morgan fingerprint density at radius 2 is 1.92 bits per heavy atom. The van der Waals surface area contributed by atoms with Crippen LogP contribution in [0.15, 0.2) is 17.5 Å². The second-order valence-corrected chi connectivity index (χ2v) is 8.03. The van der Waals surface area contributed by atoms with Gasteiger partial charge in [0.1, 0.15) is 0 Å². The number of thiophene rings is 1. The molecule has 0 radical (unpaired) electrons. The minimum absolute atomic E-state index is 0. The standard InChI is InChI=1S/C18H29N3O2S.ClH/c1-13(2)16(19)17(23)20-11-15(22)21-12-18(8-4-3-5-9-18)14-7-6-10-24-14;/h6-7,10,13,16H,3-5,8-9,11-12,19H2,1-2H3,(H,20,23)(H,21,22);1H/t16-;/m0./s1. The van der Waals surface area contributed by atoms with Crippen molar-refractivity contribution in [3.8, 4) is 0 Å². The average molecular weight is 388 g/mol. The molecule has 2 rings (SSSR count). The fourth-order valence-corrected chi connectivity index (χ4v) is 4.22. The molecule has 7 heteroatoms. The first-order chi connectivity index (χ1) is 11.4. The van der Waals surface area contributed by atoms with E-state index < -0.39 is 6.04 Å².